The Morgan fingerprint density at radius 1 is 0.973 bits per heavy atom. The fourth-order valence-electron chi connectivity index (χ4n) is 5.14. The number of benzene rings is 3. The molecule has 0 unspecified atom stereocenters. The van der Waals surface area contributed by atoms with E-state index >= 15 is 8.78 Å². The first kappa shape index (κ1) is 22.3. The van der Waals surface area contributed by atoms with Crippen LogP contribution in [0.2, 0.25) is 0 Å². The predicted molar refractivity (Wildman–Crippen MR) is 139 cm³/mol. The van der Waals surface area contributed by atoms with Crippen LogP contribution in [0.15, 0.2) is 66.3 Å². The van der Waals surface area contributed by atoms with Crippen LogP contribution in [0.3, 0.4) is 0 Å². The Morgan fingerprint density at radius 2 is 1.81 bits per heavy atom. The van der Waals surface area contributed by atoms with Crippen LogP contribution in [-0.2, 0) is 4.74 Å². The number of hydrogen-bond acceptors (Lipinski definition) is 6. The summed E-state index contributed by atoms with van der Waals surface area (Å²) >= 11 is 1.55. The number of halogens is 2. The zero-order valence-electron chi connectivity index (χ0n) is 19.5. The summed E-state index contributed by atoms with van der Waals surface area (Å²) in [4.78, 5) is 23.1. The number of carbonyl (C=O) groups excluding carboxylic acids is 1. The summed E-state index contributed by atoms with van der Waals surface area (Å²) in [6.45, 7) is 2.56. The number of likely N-dealkylation sites (tertiary alicyclic amines) is 1. The summed E-state index contributed by atoms with van der Waals surface area (Å²) in [5, 5.41) is 3.52. The van der Waals surface area contributed by atoms with E-state index in [0.717, 1.165) is 15.9 Å². The smallest absolute Gasteiger partial charge is 0.254 e. The molecule has 0 saturated carbocycles. The van der Waals surface area contributed by atoms with Crippen molar-refractivity contribution < 1.29 is 18.3 Å². The highest BCUT2D eigenvalue weighted by Crippen LogP contribution is 2.39. The second-order valence-electron chi connectivity index (χ2n) is 9.69. The number of nitrogens with one attached hydrogen (secondary N) is 1. The minimum absolute atomic E-state index is 0.0775. The Balaban J connectivity index is 1.22. The summed E-state index contributed by atoms with van der Waals surface area (Å²) < 4.78 is 37.5. The van der Waals surface area contributed by atoms with Crippen LogP contribution in [-0.4, -0.2) is 47.1 Å². The number of aromatic nitrogens is 2. The second-order valence-corrected chi connectivity index (χ2v) is 10.6. The van der Waals surface area contributed by atoms with Crippen LogP contribution >= 0.6 is 11.3 Å². The van der Waals surface area contributed by atoms with Gasteiger partial charge in [-0.1, -0.05) is 6.07 Å². The first-order valence-electron chi connectivity index (χ1n) is 11.8. The molecule has 9 heteroatoms. The molecule has 3 aromatic carbocycles. The van der Waals surface area contributed by atoms with Gasteiger partial charge in [-0.05, 0) is 48.5 Å². The molecule has 5 aromatic rings. The second kappa shape index (κ2) is 8.29. The average Bonchev–Trinajstić information content (AvgIpc) is 3.31. The summed E-state index contributed by atoms with van der Waals surface area (Å²) in [6, 6.07) is 14.8. The van der Waals surface area contributed by atoms with Gasteiger partial charge in [-0.15, -0.1) is 11.3 Å². The molecule has 2 aliphatic heterocycles. The van der Waals surface area contributed by atoms with E-state index in [2.05, 4.69) is 15.3 Å². The monoisotopic (exact) mass is 514 g/mol. The molecule has 4 heterocycles. The summed E-state index contributed by atoms with van der Waals surface area (Å²) in [7, 11) is 0. The minimum atomic E-state index is -0.654. The normalized spacial score (nSPS) is 16.1. The summed E-state index contributed by atoms with van der Waals surface area (Å²) in [5.41, 5.74) is 4.85. The van der Waals surface area contributed by atoms with Crippen LogP contribution in [0.1, 0.15) is 10.4 Å². The van der Waals surface area contributed by atoms with E-state index in [1.165, 1.54) is 18.2 Å². The van der Waals surface area contributed by atoms with E-state index in [1.54, 1.807) is 46.1 Å². The van der Waals surface area contributed by atoms with Gasteiger partial charge in [0, 0.05) is 41.7 Å². The van der Waals surface area contributed by atoms with Gasteiger partial charge in [-0.3, -0.25) is 9.78 Å². The lowest BCUT2D eigenvalue weighted by Crippen LogP contribution is -2.67. The topological polar surface area (TPSA) is 67.4 Å². The molecule has 1 spiro atoms. The maximum Gasteiger partial charge on any atom is 0.254 e. The highest BCUT2D eigenvalue weighted by atomic mass is 32.1. The van der Waals surface area contributed by atoms with E-state index in [-0.39, 0.29) is 33.4 Å². The van der Waals surface area contributed by atoms with E-state index < -0.39 is 11.6 Å². The molecule has 2 aromatic heterocycles. The van der Waals surface area contributed by atoms with Crippen LogP contribution in [0.5, 0.6) is 0 Å². The van der Waals surface area contributed by atoms with Crippen molar-refractivity contribution in [3.05, 3.63) is 83.5 Å². The van der Waals surface area contributed by atoms with Crippen LogP contribution < -0.4 is 5.32 Å². The zero-order chi connectivity index (χ0) is 25.1. The van der Waals surface area contributed by atoms with Gasteiger partial charge in [-0.2, -0.15) is 0 Å². The van der Waals surface area contributed by atoms with Gasteiger partial charge in [0.2, 0.25) is 0 Å². The molecule has 0 aliphatic carbocycles. The number of hydrogen-bond donors (Lipinski definition) is 1. The van der Waals surface area contributed by atoms with Crippen molar-refractivity contribution in [2.24, 2.45) is 5.41 Å². The number of thiazole rings is 1. The van der Waals surface area contributed by atoms with Crippen LogP contribution in [0, 0.1) is 17.0 Å². The number of carbonyl (C=O) groups is 1. The lowest BCUT2D eigenvalue weighted by molar-refractivity contribution is -0.176. The zero-order valence-corrected chi connectivity index (χ0v) is 20.3. The lowest BCUT2D eigenvalue weighted by atomic mass is 9.78. The van der Waals surface area contributed by atoms with Crippen molar-refractivity contribution in [3.63, 3.8) is 0 Å². The van der Waals surface area contributed by atoms with Gasteiger partial charge in [0.15, 0.2) is 0 Å². The quantitative estimate of drug-likeness (QED) is 0.318. The summed E-state index contributed by atoms with van der Waals surface area (Å²) in [5.74, 6) is -1.47. The predicted octanol–water partition coefficient (Wildman–Crippen LogP) is 6.01. The number of fused-ring (bicyclic) bond motifs is 2. The largest absolute Gasteiger partial charge is 0.380 e. The fraction of sp³-hybridized carbons (Fsp3) is 0.179. The minimum Gasteiger partial charge on any atom is -0.380 e. The average molecular weight is 515 g/mol. The van der Waals surface area contributed by atoms with Crippen molar-refractivity contribution in [2.45, 2.75) is 0 Å². The molecule has 0 bridgehead atoms. The third-order valence-corrected chi connectivity index (χ3v) is 7.93. The maximum atomic E-state index is 15.9. The number of ether oxygens (including phenoxy) is 1. The van der Waals surface area contributed by atoms with Crippen molar-refractivity contribution in [1.82, 2.24) is 14.9 Å². The Morgan fingerprint density at radius 3 is 2.59 bits per heavy atom. The van der Waals surface area contributed by atoms with E-state index in [4.69, 9.17) is 4.74 Å². The van der Waals surface area contributed by atoms with Gasteiger partial charge in [-0.25, -0.2) is 13.8 Å². The van der Waals surface area contributed by atoms with Crippen molar-refractivity contribution in [2.75, 3.05) is 31.6 Å². The molecule has 1 amide bonds. The van der Waals surface area contributed by atoms with Gasteiger partial charge < -0.3 is 15.0 Å². The Bertz CT molecular complexity index is 1710. The van der Waals surface area contributed by atoms with Crippen molar-refractivity contribution >= 4 is 49.7 Å². The Labute approximate surface area is 214 Å². The lowest BCUT2D eigenvalue weighted by Gasteiger charge is -2.54. The number of amides is 1. The van der Waals surface area contributed by atoms with Crippen molar-refractivity contribution in [1.29, 1.82) is 0 Å². The van der Waals surface area contributed by atoms with Gasteiger partial charge in [0.1, 0.15) is 11.6 Å². The van der Waals surface area contributed by atoms with Crippen molar-refractivity contribution in [3.8, 4) is 11.1 Å². The van der Waals surface area contributed by atoms with Gasteiger partial charge >= 0.3 is 0 Å². The molecule has 2 saturated heterocycles. The maximum absolute atomic E-state index is 15.9. The SMILES string of the molecule is O=C(c1ccc(-c2ccc3nccc(Nc4ccc5scnc5c4)c3c2F)c(F)c1)N1CC2(COC2)C1. The molecule has 0 atom stereocenters. The Hall–Kier alpha value is -3.95. The number of rotatable bonds is 4. The molecule has 2 fully saturated rings. The first-order chi connectivity index (χ1) is 18.0. The number of nitrogens with zero attached hydrogens (tertiary/aromatic N) is 3. The van der Waals surface area contributed by atoms with E-state index in [0.29, 0.717) is 37.5 Å². The fourth-order valence-corrected chi connectivity index (χ4v) is 5.80. The molecule has 6 nitrogen and oxygen atoms in total. The molecule has 184 valence electrons. The third kappa shape index (κ3) is 3.65. The first-order valence-corrected chi connectivity index (χ1v) is 12.7. The highest BCUT2D eigenvalue weighted by molar-refractivity contribution is 7.16. The molecule has 0 radical (unpaired) electrons. The molecular weight excluding hydrogens is 494 g/mol. The van der Waals surface area contributed by atoms with Gasteiger partial charge in [0.05, 0.1) is 50.9 Å². The standard InChI is InChI=1S/C28H20F2N4O2S/c29-20-9-16(27(35)34-11-28(12-34)13-36-14-28)1-3-18(20)19-4-5-21-25(26(19)30)22(7-8-31-21)33-17-2-6-24-23(10-17)32-15-37-24/h1-10,15H,11-14H2,(H,31,33). The third-order valence-electron chi connectivity index (χ3n) is 7.12. The van der Waals surface area contributed by atoms with Crippen LogP contribution in [0.25, 0.3) is 32.2 Å². The number of anilines is 2. The molecule has 1 N–H and O–H groups in total. The number of pyridine rings is 1. The molecule has 37 heavy (non-hydrogen) atoms. The van der Waals surface area contributed by atoms with Gasteiger partial charge in [0.25, 0.3) is 5.91 Å². The van der Waals surface area contributed by atoms with E-state index in [1.807, 2.05) is 18.2 Å². The van der Waals surface area contributed by atoms with E-state index in [9.17, 15) is 4.79 Å². The summed E-state index contributed by atoms with van der Waals surface area (Å²) in [6.07, 6.45) is 1.60. The Kier molecular flexibility index (Phi) is 4.99. The molecule has 2 aliphatic rings. The van der Waals surface area contributed by atoms with Crippen LogP contribution in [0.4, 0.5) is 20.2 Å². The highest BCUT2D eigenvalue weighted by Gasteiger charge is 2.50. The molecular formula is C28H20F2N4O2S. The molecule has 7 rings (SSSR count).